The van der Waals surface area contributed by atoms with Crippen molar-refractivity contribution in [2.75, 3.05) is 16.8 Å². The van der Waals surface area contributed by atoms with Gasteiger partial charge in [-0.15, -0.1) is 0 Å². The largest absolute Gasteiger partial charge is 0.539 e. The Morgan fingerprint density at radius 2 is 1.91 bits per heavy atom. The van der Waals surface area contributed by atoms with E-state index in [1.54, 1.807) is 24.3 Å². The highest BCUT2D eigenvalue weighted by Crippen LogP contribution is 2.36. The van der Waals surface area contributed by atoms with E-state index in [9.17, 15) is 25.2 Å². The van der Waals surface area contributed by atoms with Gasteiger partial charge in [-0.2, -0.15) is 10.5 Å². The molecular formula is C20H15N7O4S. The molecule has 0 aliphatic rings. The number of pyridine rings is 1. The number of carbonyl (C=O) groups excluding carboxylic acids is 2. The lowest BCUT2D eigenvalue weighted by Crippen LogP contribution is -2.32. The number of carbonyl (C=O) groups is 2. The van der Waals surface area contributed by atoms with Crippen LogP contribution in [0, 0.1) is 22.7 Å². The van der Waals surface area contributed by atoms with Gasteiger partial charge in [0.25, 0.3) is 5.69 Å². The van der Waals surface area contributed by atoms with Gasteiger partial charge in [-0.3, -0.25) is 9.59 Å². The van der Waals surface area contributed by atoms with Gasteiger partial charge in [0.15, 0.2) is 18.8 Å². The molecule has 0 aliphatic heterocycles. The molecule has 0 saturated carbocycles. The Morgan fingerprint density at radius 3 is 2.44 bits per heavy atom. The summed E-state index contributed by atoms with van der Waals surface area (Å²) in [5, 5.41) is 37.6. The van der Waals surface area contributed by atoms with Crippen molar-refractivity contribution in [3.63, 3.8) is 0 Å². The number of nitrogen functional groups attached to an aromatic ring is 1. The van der Waals surface area contributed by atoms with Gasteiger partial charge in [-0.25, -0.2) is 4.98 Å². The summed E-state index contributed by atoms with van der Waals surface area (Å²) < 4.78 is 5.69. The highest BCUT2D eigenvalue weighted by molar-refractivity contribution is 8.00. The fourth-order valence-corrected chi connectivity index (χ4v) is 3.63. The predicted octanol–water partition coefficient (Wildman–Crippen LogP) is 0.894. The first-order valence-corrected chi connectivity index (χ1v) is 9.96. The number of benzene rings is 1. The van der Waals surface area contributed by atoms with Crippen LogP contribution < -0.4 is 20.8 Å². The third-order valence-corrected chi connectivity index (χ3v) is 5.31. The average Bonchev–Trinajstić information content (AvgIpc) is 3.09. The molecule has 3 rings (SSSR count). The average molecular weight is 449 g/mol. The molecule has 3 aromatic rings. The molecule has 32 heavy (non-hydrogen) atoms. The number of aromatic nitrogens is 3. The maximum atomic E-state index is 12.4. The fraction of sp³-hybridized carbons (Fsp3) is 0.150. The van der Waals surface area contributed by atoms with Crippen LogP contribution in [0.25, 0.3) is 11.3 Å². The highest BCUT2D eigenvalue weighted by atomic mass is 32.2. The highest BCUT2D eigenvalue weighted by Gasteiger charge is 2.29. The fourth-order valence-electron chi connectivity index (χ4n) is 2.84. The zero-order valence-corrected chi connectivity index (χ0v) is 17.7. The second kappa shape index (κ2) is 9.16. The molecule has 160 valence electrons. The summed E-state index contributed by atoms with van der Waals surface area (Å²) in [6.45, 7) is 1.44. The molecular weight excluding hydrogens is 434 g/mol. The monoisotopic (exact) mass is 449 g/mol. The molecule has 1 amide bonds. The Morgan fingerprint density at radius 1 is 1.25 bits per heavy atom. The number of aryl methyl sites for hydroxylation is 1. The van der Waals surface area contributed by atoms with Crippen molar-refractivity contribution in [3.8, 4) is 29.3 Å². The van der Waals surface area contributed by atoms with E-state index < -0.39 is 11.9 Å². The summed E-state index contributed by atoms with van der Waals surface area (Å²) in [5.41, 5.74) is 6.42. The van der Waals surface area contributed by atoms with Crippen LogP contribution >= 0.6 is 11.8 Å². The van der Waals surface area contributed by atoms with Gasteiger partial charge < -0.3 is 20.7 Å². The smallest absolute Gasteiger partial charge is 0.266 e. The van der Waals surface area contributed by atoms with Gasteiger partial charge in [0.2, 0.25) is 5.91 Å². The first-order valence-electron chi connectivity index (χ1n) is 8.97. The van der Waals surface area contributed by atoms with E-state index >= 15 is 0 Å². The number of nitrogens with two attached hydrogens (primary N) is 1. The molecule has 2 heterocycles. The first kappa shape index (κ1) is 22.3. The summed E-state index contributed by atoms with van der Waals surface area (Å²) in [5.74, 6) is -1.69. The number of nitrogens with one attached hydrogen (secondary N) is 1. The van der Waals surface area contributed by atoms with Crippen molar-refractivity contribution >= 4 is 35.0 Å². The van der Waals surface area contributed by atoms with Crippen molar-refractivity contribution in [1.82, 2.24) is 10.3 Å². The van der Waals surface area contributed by atoms with Crippen molar-refractivity contribution in [2.45, 2.75) is 11.9 Å². The van der Waals surface area contributed by atoms with Gasteiger partial charge in [-0.1, -0.05) is 16.4 Å². The van der Waals surface area contributed by atoms with E-state index in [0.29, 0.717) is 11.3 Å². The lowest BCUT2D eigenvalue weighted by atomic mass is 10.0. The normalized spacial score (nSPS) is 10.2. The summed E-state index contributed by atoms with van der Waals surface area (Å²) in [4.78, 5) is 27.8. The zero-order valence-electron chi connectivity index (χ0n) is 16.9. The van der Waals surface area contributed by atoms with Gasteiger partial charge in [-0.05, 0) is 31.2 Å². The first-order chi connectivity index (χ1) is 15.3. The Kier molecular flexibility index (Phi) is 6.37. The number of hydrogen-bond acceptors (Lipinski definition) is 10. The Bertz CT molecular complexity index is 1280. The topological polar surface area (TPSA) is 186 Å². The molecule has 0 spiro atoms. The molecule has 0 atom stereocenters. The van der Waals surface area contributed by atoms with Gasteiger partial charge >= 0.3 is 0 Å². The van der Waals surface area contributed by atoms with Crippen molar-refractivity contribution < 1.29 is 23.9 Å². The number of rotatable bonds is 6. The third kappa shape index (κ3) is 4.35. The molecule has 2 aromatic heterocycles. The van der Waals surface area contributed by atoms with E-state index in [-0.39, 0.29) is 44.8 Å². The van der Waals surface area contributed by atoms with Crippen LogP contribution in [0.15, 0.2) is 33.8 Å². The maximum Gasteiger partial charge on any atom is 0.266 e. The molecule has 11 nitrogen and oxygen atoms in total. The molecule has 0 radical (unpaired) electrons. The number of hydrogen-bond donors (Lipinski definition) is 2. The molecule has 0 bridgehead atoms. The van der Waals surface area contributed by atoms with Crippen LogP contribution in [0.1, 0.15) is 28.4 Å². The Balaban J connectivity index is 1.89. The molecule has 0 saturated heterocycles. The Labute approximate surface area is 186 Å². The van der Waals surface area contributed by atoms with Gasteiger partial charge in [0, 0.05) is 11.3 Å². The summed E-state index contributed by atoms with van der Waals surface area (Å²) in [6.07, 6.45) is 0. The number of nitriles is 2. The predicted molar refractivity (Wildman–Crippen MR) is 110 cm³/mol. The van der Waals surface area contributed by atoms with Crippen molar-refractivity contribution in [1.29, 1.82) is 10.5 Å². The van der Waals surface area contributed by atoms with Crippen LogP contribution in [-0.2, 0) is 11.8 Å². The summed E-state index contributed by atoms with van der Waals surface area (Å²) >= 11 is 0.912. The summed E-state index contributed by atoms with van der Waals surface area (Å²) in [6, 6.07) is 10.1. The van der Waals surface area contributed by atoms with Gasteiger partial charge in [0.1, 0.15) is 28.5 Å². The van der Waals surface area contributed by atoms with E-state index in [0.717, 1.165) is 16.4 Å². The molecule has 12 heteroatoms. The van der Waals surface area contributed by atoms with Crippen LogP contribution in [0.5, 0.6) is 5.95 Å². The second-order valence-corrected chi connectivity index (χ2v) is 7.42. The number of thioether (sulfide) groups is 1. The quantitative estimate of drug-likeness (QED) is 0.311. The zero-order chi connectivity index (χ0) is 23.4. The van der Waals surface area contributed by atoms with Gasteiger partial charge in [0.05, 0.1) is 22.2 Å². The van der Waals surface area contributed by atoms with Crippen molar-refractivity contribution in [3.05, 3.63) is 41.0 Å². The molecule has 3 N–H and O–H groups in total. The lowest BCUT2D eigenvalue weighted by molar-refractivity contribution is -0.730. The van der Waals surface area contributed by atoms with Crippen LogP contribution in [0.2, 0.25) is 0 Å². The standard InChI is InChI=1S/C20H15N7O4S/c1-10(28)11-3-5-12(6-4-11)24-15(29)9-32-19-14(8-22)16(13(7-21)18(23)25-19)17-20(30)31-26-27(17)2/h3-6H,9H2,1-2H3,(H3-,23,24,25,26,28,29,30). The Hall–Kier alpha value is -4.42. The third-order valence-electron chi connectivity index (χ3n) is 4.33. The lowest BCUT2D eigenvalue weighted by Gasteiger charge is -2.11. The van der Waals surface area contributed by atoms with Crippen LogP contribution in [0.4, 0.5) is 11.5 Å². The molecule has 1 aromatic carbocycles. The minimum absolute atomic E-state index is 0.0565. The second-order valence-electron chi connectivity index (χ2n) is 6.45. The number of Topliss-reactive ketones (excluding diaryl/α,β-unsaturated/α-hetero) is 1. The van der Waals surface area contributed by atoms with Crippen LogP contribution in [0.3, 0.4) is 0 Å². The number of nitrogens with zero attached hydrogens (tertiary/aromatic N) is 5. The maximum absolute atomic E-state index is 12.4. The number of amides is 1. The molecule has 0 fully saturated rings. The van der Waals surface area contributed by atoms with Crippen molar-refractivity contribution in [2.24, 2.45) is 7.05 Å². The van der Waals surface area contributed by atoms with E-state index in [4.69, 9.17) is 5.73 Å². The van der Waals surface area contributed by atoms with E-state index in [1.165, 1.54) is 14.0 Å². The number of anilines is 2. The van der Waals surface area contributed by atoms with E-state index in [1.807, 2.05) is 12.1 Å². The molecule has 0 aliphatic carbocycles. The number of ketones is 1. The van der Waals surface area contributed by atoms with E-state index in [2.05, 4.69) is 20.1 Å². The minimum Gasteiger partial charge on any atom is -0.539 e. The minimum atomic E-state index is -0.853. The molecule has 0 unspecified atom stereocenters. The summed E-state index contributed by atoms with van der Waals surface area (Å²) in [7, 11) is 1.41. The van der Waals surface area contributed by atoms with Crippen LogP contribution in [-0.4, -0.2) is 27.7 Å². The SMILES string of the molecule is CC(=O)c1ccc(NC(=O)CSc2nc(N)c(C#N)c(-c3c([O-])on[n+]3C)c2C#N)cc1.